The first kappa shape index (κ1) is 14.8. The molecule has 0 bridgehead atoms. The number of amides is 1. The first-order valence-electron chi connectivity index (χ1n) is 5.75. The zero-order chi connectivity index (χ0) is 12.3. The highest BCUT2D eigenvalue weighted by Crippen LogP contribution is 2.42. The van der Waals surface area contributed by atoms with E-state index < -0.39 is 4.87 Å². The predicted molar refractivity (Wildman–Crippen MR) is 66.2 cm³/mol. The molecule has 2 nitrogen and oxygen atoms in total. The topological polar surface area (TPSA) is 29.1 Å². The second kappa shape index (κ2) is 5.20. The van der Waals surface area contributed by atoms with E-state index in [0.717, 1.165) is 12.8 Å². The molecule has 1 aliphatic rings. The van der Waals surface area contributed by atoms with E-state index in [1.807, 2.05) is 20.8 Å². The molecule has 1 amide bonds. The quantitative estimate of drug-likeness (QED) is 0.729. The van der Waals surface area contributed by atoms with E-state index in [-0.39, 0.29) is 17.4 Å². The summed E-state index contributed by atoms with van der Waals surface area (Å²) in [7, 11) is 0. The van der Waals surface area contributed by atoms with Crippen molar-refractivity contribution in [2.45, 2.75) is 65.3 Å². The Labute approximate surface area is 98.8 Å². The third kappa shape index (κ3) is 4.42. The standard InChI is InChI=1S/C10H18ClNO.C2H6/c1-7(9(2,3)4)12-8(13)10(11)5-6-10;1-2/h7H,5-6H2,1-4H3,(H,12,13);1-2H3. The monoisotopic (exact) mass is 233 g/mol. The van der Waals surface area contributed by atoms with Crippen LogP contribution in [0.1, 0.15) is 54.4 Å². The van der Waals surface area contributed by atoms with Crippen LogP contribution in [0.25, 0.3) is 0 Å². The molecule has 1 aliphatic carbocycles. The van der Waals surface area contributed by atoms with Crippen molar-refractivity contribution >= 4 is 17.5 Å². The SMILES string of the molecule is CC.CC(NC(=O)C1(Cl)CC1)C(C)(C)C. The van der Waals surface area contributed by atoms with Gasteiger partial charge in [-0.05, 0) is 25.2 Å². The highest BCUT2D eigenvalue weighted by Gasteiger charge is 2.48. The first-order valence-corrected chi connectivity index (χ1v) is 6.13. The maximum absolute atomic E-state index is 11.5. The molecule has 90 valence electrons. The van der Waals surface area contributed by atoms with Crippen LogP contribution in [0.5, 0.6) is 0 Å². The Bertz CT molecular complexity index is 216. The Balaban J connectivity index is 0.000000921. The predicted octanol–water partition coefficient (Wildman–Crippen LogP) is 3.33. The number of hydrogen-bond acceptors (Lipinski definition) is 1. The summed E-state index contributed by atoms with van der Waals surface area (Å²) < 4.78 is 0. The first-order chi connectivity index (χ1) is 6.76. The minimum absolute atomic E-state index is 0.00316. The summed E-state index contributed by atoms with van der Waals surface area (Å²) in [4.78, 5) is 11.0. The molecule has 0 aromatic carbocycles. The summed E-state index contributed by atoms with van der Waals surface area (Å²) in [5, 5.41) is 2.95. The minimum atomic E-state index is -0.570. The molecule has 0 radical (unpaired) electrons. The van der Waals surface area contributed by atoms with Crippen molar-refractivity contribution in [2.75, 3.05) is 0 Å². The van der Waals surface area contributed by atoms with Gasteiger partial charge in [-0.15, -0.1) is 11.6 Å². The van der Waals surface area contributed by atoms with Crippen LogP contribution in [-0.2, 0) is 4.79 Å². The number of hydrogen-bond donors (Lipinski definition) is 1. The molecule has 0 aliphatic heterocycles. The number of nitrogens with one attached hydrogen (secondary N) is 1. The van der Waals surface area contributed by atoms with Crippen LogP contribution in [0, 0.1) is 5.41 Å². The van der Waals surface area contributed by atoms with E-state index in [9.17, 15) is 4.79 Å². The zero-order valence-corrected chi connectivity index (χ0v) is 11.5. The highest BCUT2D eigenvalue weighted by molar-refractivity contribution is 6.37. The molecule has 3 heteroatoms. The molecular weight excluding hydrogens is 210 g/mol. The van der Waals surface area contributed by atoms with Crippen molar-refractivity contribution in [2.24, 2.45) is 5.41 Å². The van der Waals surface area contributed by atoms with Gasteiger partial charge < -0.3 is 5.32 Å². The van der Waals surface area contributed by atoms with Gasteiger partial charge in [-0.25, -0.2) is 0 Å². The van der Waals surface area contributed by atoms with Gasteiger partial charge in [-0.1, -0.05) is 34.6 Å². The van der Waals surface area contributed by atoms with Crippen molar-refractivity contribution in [1.82, 2.24) is 5.32 Å². The average molecular weight is 234 g/mol. The second-order valence-electron chi connectivity index (χ2n) is 5.03. The van der Waals surface area contributed by atoms with Crippen molar-refractivity contribution in [3.8, 4) is 0 Å². The lowest BCUT2D eigenvalue weighted by molar-refractivity contribution is -0.122. The lowest BCUT2D eigenvalue weighted by Gasteiger charge is -2.28. The highest BCUT2D eigenvalue weighted by atomic mass is 35.5. The number of alkyl halides is 1. The fourth-order valence-electron chi connectivity index (χ4n) is 0.879. The van der Waals surface area contributed by atoms with Gasteiger partial charge in [0.15, 0.2) is 0 Å². The van der Waals surface area contributed by atoms with Crippen molar-refractivity contribution < 1.29 is 4.79 Å². The molecule has 1 saturated carbocycles. The van der Waals surface area contributed by atoms with E-state index in [0.29, 0.717) is 0 Å². The molecule has 0 heterocycles. The van der Waals surface area contributed by atoms with Crippen LogP contribution in [0.4, 0.5) is 0 Å². The van der Waals surface area contributed by atoms with Gasteiger partial charge in [0, 0.05) is 6.04 Å². The fraction of sp³-hybridized carbons (Fsp3) is 0.917. The van der Waals surface area contributed by atoms with Gasteiger partial charge in [-0.3, -0.25) is 4.79 Å². The largest absolute Gasteiger partial charge is 0.352 e. The van der Waals surface area contributed by atoms with Crippen LogP contribution in [-0.4, -0.2) is 16.8 Å². The molecule has 0 aromatic heterocycles. The van der Waals surface area contributed by atoms with Gasteiger partial charge in [0.25, 0.3) is 0 Å². The van der Waals surface area contributed by atoms with Crippen LogP contribution in [0.3, 0.4) is 0 Å². The molecule has 0 aromatic rings. The molecule has 1 atom stereocenters. The molecule has 1 unspecified atom stereocenters. The summed E-state index contributed by atoms with van der Waals surface area (Å²) in [5.41, 5.74) is 0.0950. The van der Waals surface area contributed by atoms with E-state index in [1.165, 1.54) is 0 Å². The van der Waals surface area contributed by atoms with E-state index >= 15 is 0 Å². The van der Waals surface area contributed by atoms with Crippen LogP contribution in [0.15, 0.2) is 0 Å². The number of halogens is 1. The molecule has 1 rings (SSSR count). The van der Waals surface area contributed by atoms with Crippen LogP contribution >= 0.6 is 11.6 Å². The van der Waals surface area contributed by atoms with Gasteiger partial charge in [-0.2, -0.15) is 0 Å². The normalized spacial score (nSPS) is 19.7. The minimum Gasteiger partial charge on any atom is -0.352 e. The fourth-order valence-corrected chi connectivity index (χ4v) is 1.03. The maximum Gasteiger partial charge on any atom is 0.241 e. The number of carbonyl (C=O) groups is 1. The van der Waals surface area contributed by atoms with Crippen molar-refractivity contribution in [3.05, 3.63) is 0 Å². The van der Waals surface area contributed by atoms with Crippen molar-refractivity contribution in [1.29, 1.82) is 0 Å². The van der Waals surface area contributed by atoms with Crippen molar-refractivity contribution in [3.63, 3.8) is 0 Å². The molecule has 0 saturated heterocycles. The van der Waals surface area contributed by atoms with Gasteiger partial charge in [0.2, 0.25) is 5.91 Å². The Morgan fingerprint density at radius 1 is 1.33 bits per heavy atom. The van der Waals surface area contributed by atoms with Gasteiger partial charge in [0.05, 0.1) is 0 Å². The summed E-state index contributed by atoms with van der Waals surface area (Å²) >= 11 is 5.98. The van der Waals surface area contributed by atoms with Crippen LogP contribution < -0.4 is 5.32 Å². The number of rotatable bonds is 2. The van der Waals surface area contributed by atoms with Gasteiger partial charge >= 0.3 is 0 Å². The Morgan fingerprint density at radius 2 is 1.73 bits per heavy atom. The average Bonchev–Trinajstić information content (AvgIpc) is 2.87. The lowest BCUT2D eigenvalue weighted by atomic mass is 9.88. The zero-order valence-electron chi connectivity index (χ0n) is 10.8. The summed E-state index contributed by atoms with van der Waals surface area (Å²) in [5.74, 6) is -0.00316. The molecule has 1 N–H and O–H groups in total. The van der Waals surface area contributed by atoms with E-state index in [2.05, 4.69) is 26.1 Å². The molecular formula is C12H24ClNO. The second-order valence-corrected chi connectivity index (χ2v) is 5.75. The Morgan fingerprint density at radius 3 is 2.00 bits per heavy atom. The van der Waals surface area contributed by atoms with E-state index in [1.54, 1.807) is 0 Å². The lowest BCUT2D eigenvalue weighted by Crippen LogP contribution is -2.45. The smallest absolute Gasteiger partial charge is 0.241 e. The molecule has 0 spiro atoms. The molecule has 15 heavy (non-hydrogen) atoms. The third-order valence-electron chi connectivity index (χ3n) is 2.74. The Kier molecular flexibility index (Phi) is 5.12. The van der Waals surface area contributed by atoms with E-state index in [4.69, 9.17) is 11.6 Å². The molecule has 1 fully saturated rings. The van der Waals surface area contributed by atoms with Gasteiger partial charge in [0.1, 0.15) is 4.87 Å². The summed E-state index contributed by atoms with van der Waals surface area (Å²) in [6.07, 6.45) is 1.63. The number of carbonyl (C=O) groups excluding carboxylic acids is 1. The van der Waals surface area contributed by atoms with Crippen LogP contribution in [0.2, 0.25) is 0 Å². The Hall–Kier alpha value is -0.240. The summed E-state index contributed by atoms with van der Waals surface area (Å²) in [6.45, 7) is 12.3. The summed E-state index contributed by atoms with van der Waals surface area (Å²) in [6, 6.07) is 0.163. The maximum atomic E-state index is 11.5. The third-order valence-corrected chi connectivity index (χ3v) is 3.29.